The van der Waals surface area contributed by atoms with Crippen LogP contribution in [0.3, 0.4) is 0 Å². The summed E-state index contributed by atoms with van der Waals surface area (Å²) in [5.74, 6) is -1.31. The van der Waals surface area contributed by atoms with E-state index < -0.39 is 12.1 Å². The van der Waals surface area contributed by atoms with Crippen molar-refractivity contribution in [2.24, 2.45) is 5.92 Å². The molecule has 130 valence electrons. The van der Waals surface area contributed by atoms with Crippen molar-refractivity contribution < 1.29 is 22.7 Å². The van der Waals surface area contributed by atoms with Crippen LogP contribution in [0.5, 0.6) is 5.75 Å². The number of amides is 1. The minimum Gasteiger partial charge on any atom is -0.495 e. The SMILES string of the molecule is COc1cccc2c1N(C(=O)C(F)(F)F)CC=C2C1CCNCC1. The molecule has 2 aliphatic rings. The van der Waals surface area contributed by atoms with Gasteiger partial charge in [-0.05, 0) is 43.5 Å². The number of halogens is 3. The predicted octanol–water partition coefficient (Wildman–Crippen LogP) is 2.99. The Kier molecular flexibility index (Phi) is 4.54. The normalized spacial score (nSPS) is 18.8. The number of carbonyl (C=O) groups excluding carboxylic acids is 1. The van der Waals surface area contributed by atoms with Crippen molar-refractivity contribution in [3.63, 3.8) is 0 Å². The van der Waals surface area contributed by atoms with Gasteiger partial charge in [-0.25, -0.2) is 0 Å². The monoisotopic (exact) mass is 340 g/mol. The molecule has 2 heterocycles. The minimum absolute atomic E-state index is 0.0923. The van der Waals surface area contributed by atoms with Crippen LogP contribution in [0.25, 0.3) is 5.57 Å². The van der Waals surface area contributed by atoms with Crippen molar-refractivity contribution >= 4 is 17.2 Å². The molecule has 1 amide bonds. The van der Waals surface area contributed by atoms with Crippen LogP contribution in [0.4, 0.5) is 18.9 Å². The number of allylic oxidation sites excluding steroid dienone is 1. The Hall–Kier alpha value is -2.02. The molecule has 0 bridgehead atoms. The first-order valence-corrected chi connectivity index (χ1v) is 7.90. The maximum absolute atomic E-state index is 13.0. The highest BCUT2D eigenvalue weighted by molar-refractivity contribution is 6.03. The van der Waals surface area contributed by atoms with E-state index in [4.69, 9.17) is 4.74 Å². The summed E-state index contributed by atoms with van der Waals surface area (Å²) in [5.41, 5.74) is 1.89. The zero-order valence-corrected chi connectivity index (χ0v) is 13.3. The van der Waals surface area contributed by atoms with Gasteiger partial charge < -0.3 is 10.1 Å². The van der Waals surface area contributed by atoms with Gasteiger partial charge in [0, 0.05) is 12.1 Å². The molecule has 0 radical (unpaired) electrons. The lowest BCUT2D eigenvalue weighted by molar-refractivity contribution is -0.170. The van der Waals surface area contributed by atoms with Crippen LogP contribution in [0.2, 0.25) is 0 Å². The van der Waals surface area contributed by atoms with Gasteiger partial charge in [0.2, 0.25) is 0 Å². The number of hydrogen-bond acceptors (Lipinski definition) is 3. The second-order valence-electron chi connectivity index (χ2n) is 5.95. The van der Waals surface area contributed by atoms with Crippen molar-refractivity contribution in [3.05, 3.63) is 29.8 Å². The van der Waals surface area contributed by atoms with Gasteiger partial charge in [0.25, 0.3) is 0 Å². The molecule has 1 N–H and O–H groups in total. The van der Waals surface area contributed by atoms with E-state index in [1.807, 2.05) is 0 Å². The number of hydrogen-bond donors (Lipinski definition) is 1. The second kappa shape index (κ2) is 6.47. The lowest BCUT2D eigenvalue weighted by atomic mass is 9.83. The van der Waals surface area contributed by atoms with Crippen LogP contribution in [0.1, 0.15) is 18.4 Å². The molecule has 7 heteroatoms. The first kappa shape index (κ1) is 16.8. The largest absolute Gasteiger partial charge is 0.495 e. The van der Waals surface area contributed by atoms with Crippen molar-refractivity contribution in [2.45, 2.75) is 19.0 Å². The number of rotatable bonds is 2. The number of anilines is 1. The standard InChI is InChI=1S/C17H19F3N2O2/c1-24-14-4-2-3-13-12(11-5-8-21-9-6-11)7-10-22(15(13)14)16(23)17(18,19)20/h2-4,7,11,21H,5-6,8-10H2,1H3. The number of para-hydroxylation sites is 1. The molecule has 0 aliphatic carbocycles. The highest BCUT2D eigenvalue weighted by Gasteiger charge is 2.45. The van der Waals surface area contributed by atoms with E-state index in [1.165, 1.54) is 7.11 Å². The molecule has 2 aliphatic heterocycles. The number of nitrogens with zero attached hydrogens (tertiary/aromatic N) is 1. The molecular weight excluding hydrogens is 321 g/mol. The maximum atomic E-state index is 13.0. The zero-order valence-electron chi connectivity index (χ0n) is 13.3. The minimum atomic E-state index is -4.92. The highest BCUT2D eigenvalue weighted by Crippen LogP contribution is 2.44. The Morgan fingerprint density at radius 1 is 1.29 bits per heavy atom. The molecule has 0 atom stereocenters. The Labute approximate surface area is 138 Å². The van der Waals surface area contributed by atoms with Crippen molar-refractivity contribution in [1.29, 1.82) is 0 Å². The number of alkyl halides is 3. The molecule has 0 saturated carbocycles. The number of fused-ring (bicyclic) bond motifs is 1. The number of benzene rings is 1. The predicted molar refractivity (Wildman–Crippen MR) is 85.0 cm³/mol. The van der Waals surface area contributed by atoms with E-state index in [0.29, 0.717) is 5.56 Å². The highest BCUT2D eigenvalue weighted by atomic mass is 19.4. The third-order valence-corrected chi connectivity index (χ3v) is 4.56. The molecule has 1 aromatic carbocycles. The average molecular weight is 340 g/mol. The van der Waals surface area contributed by atoms with E-state index >= 15 is 0 Å². The fourth-order valence-electron chi connectivity index (χ4n) is 3.45. The van der Waals surface area contributed by atoms with Crippen molar-refractivity contribution in [2.75, 3.05) is 31.6 Å². The van der Waals surface area contributed by atoms with Crippen molar-refractivity contribution in [1.82, 2.24) is 5.32 Å². The summed E-state index contributed by atoms with van der Waals surface area (Å²) >= 11 is 0. The Morgan fingerprint density at radius 2 is 2.00 bits per heavy atom. The second-order valence-corrected chi connectivity index (χ2v) is 5.95. The summed E-state index contributed by atoms with van der Waals surface area (Å²) in [6.45, 7) is 1.67. The summed E-state index contributed by atoms with van der Waals surface area (Å²) in [5, 5.41) is 3.28. The average Bonchev–Trinajstić information content (AvgIpc) is 2.59. The molecule has 1 saturated heterocycles. The Morgan fingerprint density at radius 3 is 2.62 bits per heavy atom. The summed E-state index contributed by atoms with van der Waals surface area (Å²) in [6.07, 6.45) is -1.31. The topological polar surface area (TPSA) is 41.6 Å². The number of nitrogens with one attached hydrogen (secondary N) is 1. The molecule has 1 fully saturated rings. The summed E-state index contributed by atoms with van der Waals surface area (Å²) in [7, 11) is 1.40. The molecule has 1 aromatic rings. The van der Waals surface area contributed by atoms with Gasteiger partial charge in [-0.2, -0.15) is 13.2 Å². The number of carbonyl (C=O) groups is 1. The summed E-state index contributed by atoms with van der Waals surface area (Å²) < 4.78 is 44.1. The molecule has 3 rings (SSSR count). The Bertz CT molecular complexity index is 664. The van der Waals surface area contributed by atoms with Gasteiger partial charge in [-0.1, -0.05) is 18.2 Å². The summed E-state index contributed by atoms with van der Waals surface area (Å²) in [4.78, 5) is 12.6. The maximum Gasteiger partial charge on any atom is 0.471 e. The molecule has 0 spiro atoms. The van der Waals surface area contributed by atoms with E-state index in [1.54, 1.807) is 24.3 Å². The lowest BCUT2D eigenvalue weighted by Gasteiger charge is -2.34. The molecule has 0 aromatic heterocycles. The van der Waals surface area contributed by atoms with E-state index in [9.17, 15) is 18.0 Å². The van der Waals surface area contributed by atoms with Gasteiger partial charge in [0.05, 0.1) is 12.8 Å². The Balaban J connectivity index is 2.05. The number of piperidine rings is 1. The van der Waals surface area contributed by atoms with Crippen LogP contribution in [0, 0.1) is 5.92 Å². The number of methoxy groups -OCH3 is 1. The van der Waals surface area contributed by atoms with Crippen LogP contribution < -0.4 is 15.0 Å². The van der Waals surface area contributed by atoms with Gasteiger partial charge in [-0.15, -0.1) is 0 Å². The third-order valence-electron chi connectivity index (χ3n) is 4.56. The van der Waals surface area contributed by atoms with Crippen LogP contribution in [-0.4, -0.2) is 38.8 Å². The van der Waals surface area contributed by atoms with Crippen LogP contribution >= 0.6 is 0 Å². The molecule has 24 heavy (non-hydrogen) atoms. The van der Waals surface area contributed by atoms with Crippen LogP contribution in [-0.2, 0) is 4.79 Å². The van der Waals surface area contributed by atoms with Gasteiger partial charge in [0.15, 0.2) is 0 Å². The summed E-state index contributed by atoms with van der Waals surface area (Å²) in [6, 6.07) is 5.09. The van der Waals surface area contributed by atoms with Gasteiger partial charge in [0.1, 0.15) is 5.75 Å². The van der Waals surface area contributed by atoms with E-state index in [2.05, 4.69) is 5.32 Å². The molecule has 4 nitrogen and oxygen atoms in total. The number of ether oxygens (including phenoxy) is 1. The quantitative estimate of drug-likeness (QED) is 0.900. The van der Waals surface area contributed by atoms with E-state index in [0.717, 1.165) is 36.4 Å². The van der Waals surface area contributed by atoms with Gasteiger partial charge in [-0.3, -0.25) is 9.69 Å². The smallest absolute Gasteiger partial charge is 0.471 e. The first-order valence-electron chi connectivity index (χ1n) is 7.90. The molecular formula is C17H19F3N2O2. The van der Waals surface area contributed by atoms with Crippen molar-refractivity contribution in [3.8, 4) is 5.75 Å². The van der Waals surface area contributed by atoms with Gasteiger partial charge >= 0.3 is 12.1 Å². The molecule has 0 unspecified atom stereocenters. The third kappa shape index (κ3) is 3.00. The zero-order chi connectivity index (χ0) is 17.3. The van der Waals surface area contributed by atoms with Crippen LogP contribution in [0.15, 0.2) is 24.3 Å². The first-order chi connectivity index (χ1) is 11.4. The van der Waals surface area contributed by atoms with E-state index in [-0.39, 0.29) is 23.9 Å². The fourth-order valence-corrected chi connectivity index (χ4v) is 3.45. The lowest BCUT2D eigenvalue weighted by Crippen LogP contribution is -2.43. The fraction of sp³-hybridized carbons (Fsp3) is 0.471.